The Morgan fingerprint density at radius 3 is 2.76 bits per heavy atom. The maximum Gasteiger partial charge on any atom is 0.293 e. The minimum absolute atomic E-state index is 0.0223. The van der Waals surface area contributed by atoms with Gasteiger partial charge < -0.3 is 9.88 Å². The van der Waals surface area contributed by atoms with Gasteiger partial charge in [0.25, 0.3) is 5.56 Å². The van der Waals surface area contributed by atoms with E-state index in [0.717, 1.165) is 19.3 Å². The number of nitrogens with zero attached hydrogens (tertiary/aromatic N) is 2. The minimum atomic E-state index is 0.0223. The van der Waals surface area contributed by atoms with Gasteiger partial charge in [-0.15, -0.1) is 0 Å². The summed E-state index contributed by atoms with van der Waals surface area (Å²) in [6, 6.07) is 0.718. The summed E-state index contributed by atoms with van der Waals surface area (Å²) in [5.41, 5.74) is 0.0223. The van der Waals surface area contributed by atoms with Crippen LogP contribution in [0, 0.1) is 5.92 Å². The molecule has 2 rings (SSSR count). The summed E-state index contributed by atoms with van der Waals surface area (Å²) >= 11 is 0. The first kappa shape index (κ1) is 12.1. The average molecular weight is 235 g/mol. The van der Waals surface area contributed by atoms with E-state index < -0.39 is 0 Å². The third-order valence-corrected chi connectivity index (χ3v) is 3.37. The number of hydrogen-bond donors (Lipinski definition) is 1. The van der Waals surface area contributed by atoms with Crippen LogP contribution in [0.1, 0.15) is 46.1 Å². The first-order valence-corrected chi connectivity index (χ1v) is 6.47. The van der Waals surface area contributed by atoms with Crippen molar-refractivity contribution >= 4 is 5.82 Å². The number of nitrogens with one attached hydrogen (secondary N) is 1. The zero-order valence-corrected chi connectivity index (χ0v) is 10.8. The third-order valence-electron chi connectivity index (χ3n) is 3.37. The highest BCUT2D eigenvalue weighted by Crippen LogP contribution is 2.33. The Balaban J connectivity index is 2.20. The molecule has 1 unspecified atom stereocenters. The van der Waals surface area contributed by atoms with Crippen LogP contribution in [0.2, 0.25) is 0 Å². The second-order valence-corrected chi connectivity index (χ2v) is 5.12. The van der Waals surface area contributed by atoms with Crippen molar-refractivity contribution in [2.45, 2.75) is 52.1 Å². The fraction of sp³-hybridized carbons (Fsp3) is 0.692. The lowest BCUT2D eigenvalue weighted by molar-refractivity contribution is 0.508. The van der Waals surface area contributed by atoms with Crippen molar-refractivity contribution in [2.24, 2.45) is 5.92 Å². The van der Waals surface area contributed by atoms with E-state index in [0.29, 0.717) is 23.8 Å². The Morgan fingerprint density at radius 1 is 1.53 bits per heavy atom. The van der Waals surface area contributed by atoms with E-state index >= 15 is 0 Å². The summed E-state index contributed by atoms with van der Waals surface area (Å²) in [5.74, 6) is 0.996. The quantitative estimate of drug-likeness (QED) is 0.852. The minimum Gasteiger partial charge on any atom is -0.362 e. The first-order valence-electron chi connectivity index (χ1n) is 6.47. The highest BCUT2D eigenvalue weighted by atomic mass is 16.1. The van der Waals surface area contributed by atoms with E-state index in [1.807, 2.05) is 4.57 Å². The van der Waals surface area contributed by atoms with Crippen molar-refractivity contribution in [3.8, 4) is 0 Å². The fourth-order valence-electron chi connectivity index (χ4n) is 2.08. The molecule has 94 valence electrons. The predicted octanol–water partition coefficient (Wildman–Crippen LogP) is 2.42. The van der Waals surface area contributed by atoms with Crippen LogP contribution < -0.4 is 10.9 Å². The van der Waals surface area contributed by atoms with Crippen molar-refractivity contribution in [3.63, 3.8) is 0 Å². The molecule has 4 nitrogen and oxygen atoms in total. The van der Waals surface area contributed by atoms with E-state index in [4.69, 9.17) is 0 Å². The van der Waals surface area contributed by atoms with Gasteiger partial charge in [-0.3, -0.25) is 4.79 Å². The van der Waals surface area contributed by atoms with E-state index in [-0.39, 0.29) is 5.56 Å². The molecule has 1 N–H and O–H groups in total. The predicted molar refractivity (Wildman–Crippen MR) is 69.3 cm³/mol. The van der Waals surface area contributed by atoms with Gasteiger partial charge in [-0.1, -0.05) is 20.8 Å². The van der Waals surface area contributed by atoms with Crippen LogP contribution in [0.5, 0.6) is 0 Å². The first-order chi connectivity index (χ1) is 8.13. The molecule has 1 atom stereocenters. The largest absolute Gasteiger partial charge is 0.362 e. The molecule has 1 aromatic heterocycles. The van der Waals surface area contributed by atoms with E-state index in [1.54, 1.807) is 12.4 Å². The van der Waals surface area contributed by atoms with Gasteiger partial charge in [0.15, 0.2) is 5.82 Å². The van der Waals surface area contributed by atoms with Crippen LogP contribution in [-0.4, -0.2) is 15.6 Å². The number of aromatic nitrogens is 2. The number of hydrogen-bond acceptors (Lipinski definition) is 3. The molecule has 1 aliphatic carbocycles. The summed E-state index contributed by atoms with van der Waals surface area (Å²) in [6.07, 6.45) is 6.74. The monoisotopic (exact) mass is 235 g/mol. The molecule has 0 aromatic carbocycles. The van der Waals surface area contributed by atoms with Crippen LogP contribution in [0.25, 0.3) is 0 Å². The molecule has 0 aliphatic heterocycles. The summed E-state index contributed by atoms with van der Waals surface area (Å²) in [5, 5.41) is 3.28. The highest BCUT2D eigenvalue weighted by Gasteiger charge is 2.25. The second kappa shape index (κ2) is 4.90. The fourth-order valence-corrected chi connectivity index (χ4v) is 2.08. The highest BCUT2D eigenvalue weighted by molar-refractivity contribution is 5.32. The molecular formula is C13H21N3O. The van der Waals surface area contributed by atoms with Crippen LogP contribution in [0.4, 0.5) is 5.82 Å². The Morgan fingerprint density at radius 2 is 2.24 bits per heavy atom. The average Bonchev–Trinajstić information content (AvgIpc) is 3.11. The summed E-state index contributed by atoms with van der Waals surface area (Å²) < 4.78 is 1.81. The molecule has 1 aromatic rings. The van der Waals surface area contributed by atoms with E-state index in [9.17, 15) is 4.79 Å². The van der Waals surface area contributed by atoms with Crippen LogP contribution in [0.3, 0.4) is 0 Å². The lowest BCUT2D eigenvalue weighted by Gasteiger charge is -2.21. The molecular weight excluding hydrogens is 214 g/mol. The maximum atomic E-state index is 12.2. The lowest BCUT2D eigenvalue weighted by Crippen LogP contribution is -2.31. The molecule has 0 spiro atoms. The molecule has 17 heavy (non-hydrogen) atoms. The van der Waals surface area contributed by atoms with Crippen molar-refractivity contribution < 1.29 is 0 Å². The Labute approximate surface area is 102 Å². The molecule has 1 heterocycles. The standard InChI is InChI=1S/C13H21N3O/c1-4-11(9(2)3)15-12-13(17)16(8-7-14-12)10-5-6-10/h7-11H,4-6H2,1-3H3,(H,14,15). The van der Waals surface area contributed by atoms with Crippen molar-refractivity contribution in [1.29, 1.82) is 0 Å². The second-order valence-electron chi connectivity index (χ2n) is 5.12. The Bertz CT molecular complexity index is 435. The Hall–Kier alpha value is -1.32. The van der Waals surface area contributed by atoms with Gasteiger partial charge in [-0.25, -0.2) is 4.98 Å². The molecule has 0 amide bonds. The van der Waals surface area contributed by atoms with Crippen LogP contribution in [0.15, 0.2) is 17.2 Å². The SMILES string of the molecule is CCC(Nc1nccn(C2CC2)c1=O)C(C)C. The molecule has 1 fully saturated rings. The van der Waals surface area contributed by atoms with Gasteiger partial charge in [0.2, 0.25) is 0 Å². The van der Waals surface area contributed by atoms with E-state index in [2.05, 4.69) is 31.1 Å². The smallest absolute Gasteiger partial charge is 0.293 e. The third kappa shape index (κ3) is 2.68. The van der Waals surface area contributed by atoms with Gasteiger partial charge >= 0.3 is 0 Å². The zero-order valence-electron chi connectivity index (χ0n) is 10.8. The van der Waals surface area contributed by atoms with Crippen molar-refractivity contribution in [2.75, 3.05) is 5.32 Å². The Kier molecular flexibility index (Phi) is 3.50. The van der Waals surface area contributed by atoms with Gasteiger partial charge in [-0.05, 0) is 25.2 Å². The summed E-state index contributed by atoms with van der Waals surface area (Å²) in [6.45, 7) is 6.44. The number of rotatable bonds is 5. The van der Waals surface area contributed by atoms with E-state index in [1.165, 1.54) is 0 Å². The van der Waals surface area contributed by atoms with Crippen LogP contribution >= 0.6 is 0 Å². The summed E-state index contributed by atoms with van der Waals surface area (Å²) in [7, 11) is 0. The van der Waals surface area contributed by atoms with Crippen molar-refractivity contribution in [3.05, 3.63) is 22.7 Å². The van der Waals surface area contributed by atoms with Crippen LogP contribution in [-0.2, 0) is 0 Å². The zero-order chi connectivity index (χ0) is 12.4. The molecule has 0 bridgehead atoms. The maximum absolute atomic E-state index is 12.2. The van der Waals surface area contributed by atoms with Gasteiger partial charge in [0.05, 0.1) is 0 Å². The van der Waals surface area contributed by atoms with Gasteiger partial charge in [-0.2, -0.15) is 0 Å². The number of anilines is 1. The topological polar surface area (TPSA) is 46.9 Å². The normalized spacial score (nSPS) is 17.2. The molecule has 0 radical (unpaired) electrons. The molecule has 0 saturated heterocycles. The summed E-state index contributed by atoms with van der Waals surface area (Å²) in [4.78, 5) is 16.3. The van der Waals surface area contributed by atoms with Crippen molar-refractivity contribution in [1.82, 2.24) is 9.55 Å². The molecule has 1 aliphatic rings. The lowest BCUT2D eigenvalue weighted by atomic mass is 10.0. The van der Waals surface area contributed by atoms with Gasteiger partial charge in [0.1, 0.15) is 0 Å². The molecule has 4 heteroatoms. The molecule has 1 saturated carbocycles. The van der Waals surface area contributed by atoms with Gasteiger partial charge in [0, 0.05) is 24.5 Å².